The van der Waals surface area contributed by atoms with E-state index in [-0.39, 0.29) is 12.5 Å². The fraction of sp³-hybridized carbons (Fsp3) is 0.476. The highest BCUT2D eigenvalue weighted by atomic mass is 16.3. The Morgan fingerprint density at radius 1 is 1.15 bits per heavy atom. The third-order valence-corrected chi connectivity index (χ3v) is 5.54. The number of anilines is 1. The average molecular weight is 366 g/mol. The van der Waals surface area contributed by atoms with Crippen molar-refractivity contribution < 1.29 is 9.90 Å². The zero-order chi connectivity index (χ0) is 18.6. The van der Waals surface area contributed by atoms with Gasteiger partial charge < -0.3 is 14.9 Å². The van der Waals surface area contributed by atoms with Gasteiger partial charge in [0.05, 0.1) is 19.0 Å². The highest BCUT2D eigenvalue weighted by Gasteiger charge is 2.26. The molecule has 1 aromatic heterocycles. The van der Waals surface area contributed by atoms with E-state index in [2.05, 4.69) is 27.0 Å². The SMILES string of the molecule is O=C(c1cncc(N2CC[C@H](Cc3cccc(CO)c3)C2)n1)N1CCCC1. The normalized spacial score (nSPS) is 19.7. The summed E-state index contributed by atoms with van der Waals surface area (Å²) in [5, 5.41) is 9.31. The molecule has 0 unspecified atom stereocenters. The van der Waals surface area contributed by atoms with Crippen LogP contribution in [0.15, 0.2) is 36.7 Å². The number of aliphatic hydroxyl groups is 1. The molecule has 2 saturated heterocycles. The fourth-order valence-electron chi connectivity index (χ4n) is 4.09. The summed E-state index contributed by atoms with van der Waals surface area (Å²) in [6.07, 6.45) is 7.57. The maximum Gasteiger partial charge on any atom is 0.274 e. The minimum Gasteiger partial charge on any atom is -0.392 e. The van der Waals surface area contributed by atoms with Crippen LogP contribution in [-0.4, -0.2) is 52.1 Å². The second kappa shape index (κ2) is 8.05. The number of hydrogen-bond donors (Lipinski definition) is 1. The van der Waals surface area contributed by atoms with Crippen LogP contribution in [0.2, 0.25) is 0 Å². The van der Waals surface area contributed by atoms with Crippen molar-refractivity contribution in [2.45, 2.75) is 32.3 Å². The molecule has 6 nitrogen and oxygen atoms in total. The van der Waals surface area contributed by atoms with E-state index in [0.29, 0.717) is 11.6 Å². The van der Waals surface area contributed by atoms with E-state index < -0.39 is 0 Å². The molecular formula is C21H26N4O2. The predicted octanol–water partition coefficient (Wildman–Crippen LogP) is 2.27. The van der Waals surface area contributed by atoms with E-state index >= 15 is 0 Å². The van der Waals surface area contributed by atoms with E-state index in [1.165, 1.54) is 5.56 Å². The van der Waals surface area contributed by atoms with Crippen LogP contribution in [0.3, 0.4) is 0 Å². The highest BCUT2D eigenvalue weighted by molar-refractivity contribution is 5.92. The van der Waals surface area contributed by atoms with Crippen LogP contribution in [-0.2, 0) is 13.0 Å². The third-order valence-electron chi connectivity index (χ3n) is 5.54. The number of aromatic nitrogens is 2. The number of nitrogens with zero attached hydrogens (tertiary/aromatic N) is 4. The van der Waals surface area contributed by atoms with Gasteiger partial charge in [0.25, 0.3) is 5.91 Å². The van der Waals surface area contributed by atoms with Crippen LogP contribution in [0, 0.1) is 5.92 Å². The van der Waals surface area contributed by atoms with Crippen molar-refractivity contribution >= 4 is 11.7 Å². The molecule has 2 fully saturated rings. The topological polar surface area (TPSA) is 69.6 Å². The van der Waals surface area contributed by atoms with Crippen molar-refractivity contribution in [3.63, 3.8) is 0 Å². The molecule has 3 heterocycles. The van der Waals surface area contributed by atoms with E-state index in [4.69, 9.17) is 0 Å². The number of aliphatic hydroxyl groups excluding tert-OH is 1. The zero-order valence-electron chi connectivity index (χ0n) is 15.5. The molecule has 27 heavy (non-hydrogen) atoms. The minimum absolute atomic E-state index is 0.00147. The molecule has 4 rings (SSSR count). The van der Waals surface area contributed by atoms with Gasteiger partial charge in [-0.25, -0.2) is 4.98 Å². The van der Waals surface area contributed by atoms with Crippen molar-refractivity contribution in [2.75, 3.05) is 31.1 Å². The molecule has 0 aliphatic carbocycles. The van der Waals surface area contributed by atoms with Crippen LogP contribution in [0.4, 0.5) is 5.82 Å². The summed E-state index contributed by atoms with van der Waals surface area (Å²) in [4.78, 5) is 25.5. The van der Waals surface area contributed by atoms with Crippen LogP contribution in [0.1, 0.15) is 40.9 Å². The first kappa shape index (κ1) is 17.9. The van der Waals surface area contributed by atoms with Crippen molar-refractivity contribution in [1.82, 2.24) is 14.9 Å². The number of hydrogen-bond acceptors (Lipinski definition) is 5. The van der Waals surface area contributed by atoms with Gasteiger partial charge in [-0.3, -0.25) is 9.78 Å². The summed E-state index contributed by atoms with van der Waals surface area (Å²) in [6, 6.07) is 8.16. The van der Waals surface area contributed by atoms with E-state index in [0.717, 1.165) is 63.2 Å². The summed E-state index contributed by atoms with van der Waals surface area (Å²) < 4.78 is 0. The zero-order valence-corrected chi connectivity index (χ0v) is 15.5. The van der Waals surface area contributed by atoms with Crippen LogP contribution in [0.5, 0.6) is 0 Å². The molecule has 6 heteroatoms. The minimum atomic E-state index is -0.00147. The molecule has 1 amide bonds. The molecule has 0 spiro atoms. The molecule has 142 valence electrons. The van der Waals surface area contributed by atoms with Crippen LogP contribution >= 0.6 is 0 Å². The smallest absolute Gasteiger partial charge is 0.274 e. The Hall–Kier alpha value is -2.47. The number of amides is 1. The summed E-state index contributed by atoms with van der Waals surface area (Å²) in [5.74, 6) is 1.34. The lowest BCUT2D eigenvalue weighted by molar-refractivity contribution is 0.0786. The van der Waals surface area contributed by atoms with Gasteiger partial charge in [0, 0.05) is 26.2 Å². The third kappa shape index (κ3) is 4.11. The summed E-state index contributed by atoms with van der Waals surface area (Å²) in [6.45, 7) is 3.57. The van der Waals surface area contributed by atoms with E-state index in [1.54, 1.807) is 12.4 Å². The maximum absolute atomic E-state index is 12.6. The monoisotopic (exact) mass is 366 g/mol. The lowest BCUT2D eigenvalue weighted by Gasteiger charge is -2.19. The first-order chi connectivity index (χ1) is 13.2. The first-order valence-electron chi connectivity index (χ1n) is 9.78. The number of rotatable bonds is 5. The van der Waals surface area contributed by atoms with Crippen LogP contribution in [0.25, 0.3) is 0 Å². The van der Waals surface area contributed by atoms with Gasteiger partial charge >= 0.3 is 0 Å². The quantitative estimate of drug-likeness (QED) is 0.879. The Kier molecular flexibility index (Phi) is 5.34. The standard InChI is InChI=1S/C21H26N4O2/c26-15-18-5-3-4-16(11-18)10-17-6-9-25(14-17)20-13-22-12-19(23-20)21(27)24-7-1-2-8-24/h3-5,11-13,17,26H,1-2,6-10,14-15H2/t17-/m1/s1. The fourth-order valence-corrected chi connectivity index (χ4v) is 4.09. The number of likely N-dealkylation sites (tertiary alicyclic amines) is 1. The molecule has 2 aliphatic heterocycles. The van der Waals surface area contributed by atoms with E-state index in [1.807, 2.05) is 17.0 Å². The van der Waals surface area contributed by atoms with Crippen LogP contribution < -0.4 is 4.90 Å². The molecule has 1 N–H and O–H groups in total. The molecule has 2 aliphatic rings. The Morgan fingerprint density at radius 3 is 2.78 bits per heavy atom. The molecule has 0 radical (unpaired) electrons. The molecule has 0 saturated carbocycles. The molecule has 2 aromatic rings. The number of carbonyl (C=O) groups excluding carboxylic acids is 1. The van der Waals surface area contributed by atoms with Gasteiger partial charge in [-0.05, 0) is 42.7 Å². The first-order valence-corrected chi connectivity index (χ1v) is 9.78. The van der Waals surface area contributed by atoms with Crippen molar-refractivity contribution in [2.24, 2.45) is 5.92 Å². The Bertz CT molecular complexity index is 804. The number of carbonyl (C=O) groups is 1. The van der Waals surface area contributed by atoms with Crippen molar-refractivity contribution in [3.8, 4) is 0 Å². The highest BCUT2D eigenvalue weighted by Crippen LogP contribution is 2.25. The maximum atomic E-state index is 12.6. The van der Waals surface area contributed by atoms with Crippen molar-refractivity contribution in [1.29, 1.82) is 0 Å². The van der Waals surface area contributed by atoms with E-state index in [9.17, 15) is 9.90 Å². The van der Waals surface area contributed by atoms with Gasteiger partial charge in [-0.2, -0.15) is 0 Å². The van der Waals surface area contributed by atoms with Gasteiger partial charge in [0.15, 0.2) is 0 Å². The lowest BCUT2D eigenvalue weighted by atomic mass is 9.97. The number of benzene rings is 1. The summed E-state index contributed by atoms with van der Waals surface area (Å²) in [7, 11) is 0. The van der Waals surface area contributed by atoms with Gasteiger partial charge in [0.1, 0.15) is 11.5 Å². The van der Waals surface area contributed by atoms with Crippen molar-refractivity contribution in [3.05, 3.63) is 53.5 Å². The molecule has 1 atom stereocenters. The van der Waals surface area contributed by atoms with Gasteiger partial charge in [-0.1, -0.05) is 24.3 Å². The van der Waals surface area contributed by atoms with Gasteiger partial charge in [-0.15, -0.1) is 0 Å². The Balaban J connectivity index is 1.41. The average Bonchev–Trinajstić information content (AvgIpc) is 3.40. The molecular weight excluding hydrogens is 340 g/mol. The Labute approximate surface area is 159 Å². The second-order valence-electron chi connectivity index (χ2n) is 7.54. The predicted molar refractivity (Wildman–Crippen MR) is 104 cm³/mol. The van der Waals surface area contributed by atoms with Gasteiger partial charge in [0.2, 0.25) is 0 Å². The molecule has 1 aromatic carbocycles. The summed E-state index contributed by atoms with van der Waals surface area (Å²) >= 11 is 0. The molecule has 0 bridgehead atoms. The summed E-state index contributed by atoms with van der Waals surface area (Å²) in [5.41, 5.74) is 2.67. The lowest BCUT2D eigenvalue weighted by Crippen LogP contribution is -2.29. The second-order valence-corrected chi connectivity index (χ2v) is 7.54. The Morgan fingerprint density at radius 2 is 1.96 bits per heavy atom. The largest absolute Gasteiger partial charge is 0.392 e.